The van der Waals surface area contributed by atoms with Crippen LogP contribution in [0.15, 0.2) is 24.3 Å². The predicted molar refractivity (Wildman–Crippen MR) is 104 cm³/mol. The van der Waals surface area contributed by atoms with Gasteiger partial charge in [-0.15, -0.1) is 0 Å². The van der Waals surface area contributed by atoms with Crippen molar-refractivity contribution in [2.24, 2.45) is 5.92 Å². The highest BCUT2D eigenvalue weighted by molar-refractivity contribution is 5.79. The summed E-state index contributed by atoms with van der Waals surface area (Å²) in [5.41, 5.74) is 2.56. The molecule has 0 atom stereocenters. The van der Waals surface area contributed by atoms with Gasteiger partial charge in [-0.05, 0) is 43.2 Å². The number of amides is 2. The van der Waals surface area contributed by atoms with Crippen LogP contribution < -0.4 is 0 Å². The van der Waals surface area contributed by atoms with Crippen LogP contribution in [0.3, 0.4) is 0 Å². The van der Waals surface area contributed by atoms with Gasteiger partial charge in [0.05, 0.1) is 0 Å². The summed E-state index contributed by atoms with van der Waals surface area (Å²) in [4.78, 5) is 29.2. The van der Waals surface area contributed by atoms with Crippen LogP contribution >= 0.6 is 0 Å². The number of nitrogens with zero attached hydrogens (tertiary/aromatic N) is 2. The van der Waals surface area contributed by atoms with Crippen LogP contribution in [0.4, 0.5) is 0 Å². The minimum absolute atomic E-state index is 0.222. The summed E-state index contributed by atoms with van der Waals surface area (Å²) in [5, 5.41) is 0. The van der Waals surface area contributed by atoms with Crippen molar-refractivity contribution in [3.05, 3.63) is 35.4 Å². The molecule has 1 saturated heterocycles. The molecule has 0 unspecified atom stereocenters. The number of carbonyl (C=O) groups is 2. The lowest BCUT2D eigenvalue weighted by Crippen LogP contribution is -2.39. The maximum absolute atomic E-state index is 12.6. The number of hydrogen-bond acceptors (Lipinski definition) is 2. The second-order valence-corrected chi connectivity index (χ2v) is 7.71. The number of carbonyl (C=O) groups excluding carboxylic acids is 2. The standard InChI is InChI=1S/C22H32N2O2/c1-2-18-8-10-19(11-9-18)12-13-21(25)23-14-5-15-24(17-16-23)22(26)20-6-3-4-7-20/h8-11,20H,2-7,12-17H2,1H3. The van der Waals surface area contributed by atoms with E-state index in [1.54, 1.807) is 0 Å². The molecular formula is C22H32N2O2. The highest BCUT2D eigenvalue weighted by atomic mass is 16.2. The molecule has 2 aliphatic rings. The molecule has 0 N–H and O–H groups in total. The number of hydrogen-bond donors (Lipinski definition) is 0. The Bertz CT molecular complexity index is 605. The molecule has 1 heterocycles. The van der Waals surface area contributed by atoms with E-state index in [0.717, 1.165) is 45.2 Å². The van der Waals surface area contributed by atoms with Gasteiger partial charge in [0, 0.05) is 38.5 Å². The van der Waals surface area contributed by atoms with E-state index in [9.17, 15) is 9.59 Å². The van der Waals surface area contributed by atoms with Crippen LogP contribution in [0, 0.1) is 5.92 Å². The lowest BCUT2D eigenvalue weighted by molar-refractivity contribution is -0.136. The molecule has 4 nitrogen and oxygen atoms in total. The molecule has 1 aliphatic carbocycles. The first-order valence-electron chi connectivity index (χ1n) is 10.3. The second kappa shape index (κ2) is 9.20. The quantitative estimate of drug-likeness (QED) is 0.811. The van der Waals surface area contributed by atoms with Crippen LogP contribution in [0.25, 0.3) is 0 Å². The van der Waals surface area contributed by atoms with Crippen molar-refractivity contribution < 1.29 is 9.59 Å². The predicted octanol–water partition coefficient (Wildman–Crippen LogP) is 3.43. The highest BCUT2D eigenvalue weighted by Gasteiger charge is 2.29. The fourth-order valence-electron chi connectivity index (χ4n) is 4.17. The molecule has 1 aromatic rings. The molecule has 0 bridgehead atoms. The molecule has 1 aliphatic heterocycles. The first kappa shape index (κ1) is 18.9. The van der Waals surface area contributed by atoms with Gasteiger partial charge >= 0.3 is 0 Å². The normalized spacial score (nSPS) is 18.8. The molecule has 0 aromatic heterocycles. The van der Waals surface area contributed by atoms with E-state index in [1.807, 2.05) is 9.80 Å². The van der Waals surface area contributed by atoms with Gasteiger partial charge in [0.25, 0.3) is 0 Å². The van der Waals surface area contributed by atoms with Crippen molar-refractivity contribution in [2.45, 2.75) is 58.3 Å². The summed E-state index contributed by atoms with van der Waals surface area (Å²) in [6.07, 6.45) is 7.77. The lowest BCUT2D eigenvalue weighted by atomic mass is 10.1. The van der Waals surface area contributed by atoms with Crippen LogP contribution in [0.2, 0.25) is 0 Å². The maximum Gasteiger partial charge on any atom is 0.225 e. The Morgan fingerprint density at radius 2 is 1.50 bits per heavy atom. The fourth-order valence-corrected chi connectivity index (χ4v) is 4.17. The van der Waals surface area contributed by atoms with Gasteiger partial charge in [-0.3, -0.25) is 9.59 Å². The maximum atomic E-state index is 12.6. The van der Waals surface area contributed by atoms with E-state index in [4.69, 9.17) is 0 Å². The molecule has 3 rings (SSSR count). The Kier molecular flexibility index (Phi) is 6.70. The summed E-state index contributed by atoms with van der Waals surface area (Å²) in [6, 6.07) is 8.57. The van der Waals surface area contributed by atoms with Crippen molar-refractivity contribution >= 4 is 11.8 Å². The molecule has 26 heavy (non-hydrogen) atoms. The van der Waals surface area contributed by atoms with E-state index in [1.165, 1.54) is 24.0 Å². The smallest absolute Gasteiger partial charge is 0.225 e. The van der Waals surface area contributed by atoms with Gasteiger partial charge in [0.1, 0.15) is 0 Å². The van der Waals surface area contributed by atoms with Crippen molar-refractivity contribution in [1.82, 2.24) is 9.80 Å². The zero-order valence-corrected chi connectivity index (χ0v) is 16.1. The van der Waals surface area contributed by atoms with Crippen molar-refractivity contribution in [3.8, 4) is 0 Å². The number of aryl methyl sites for hydroxylation is 2. The Balaban J connectivity index is 1.46. The second-order valence-electron chi connectivity index (χ2n) is 7.71. The molecule has 2 amide bonds. The summed E-state index contributed by atoms with van der Waals surface area (Å²) >= 11 is 0. The van der Waals surface area contributed by atoms with E-state index >= 15 is 0 Å². The molecule has 142 valence electrons. The number of benzene rings is 1. The van der Waals surface area contributed by atoms with Crippen molar-refractivity contribution in [3.63, 3.8) is 0 Å². The van der Waals surface area contributed by atoms with Crippen molar-refractivity contribution in [2.75, 3.05) is 26.2 Å². The Hall–Kier alpha value is -1.84. The van der Waals surface area contributed by atoms with E-state index in [2.05, 4.69) is 31.2 Å². The average Bonchev–Trinajstić information content (AvgIpc) is 3.10. The van der Waals surface area contributed by atoms with Crippen LogP contribution in [-0.2, 0) is 22.4 Å². The molecular weight excluding hydrogens is 324 g/mol. The highest BCUT2D eigenvalue weighted by Crippen LogP contribution is 2.27. The Morgan fingerprint density at radius 1 is 0.885 bits per heavy atom. The zero-order valence-electron chi connectivity index (χ0n) is 16.1. The first-order chi connectivity index (χ1) is 12.7. The van der Waals surface area contributed by atoms with Gasteiger partial charge < -0.3 is 9.80 Å². The summed E-state index contributed by atoms with van der Waals surface area (Å²) in [5.74, 6) is 0.788. The minimum Gasteiger partial charge on any atom is -0.341 e. The topological polar surface area (TPSA) is 40.6 Å². The summed E-state index contributed by atoms with van der Waals surface area (Å²) < 4.78 is 0. The Morgan fingerprint density at radius 3 is 2.19 bits per heavy atom. The van der Waals surface area contributed by atoms with Gasteiger partial charge in [-0.1, -0.05) is 44.0 Å². The van der Waals surface area contributed by atoms with Crippen LogP contribution in [0.1, 0.15) is 56.6 Å². The number of rotatable bonds is 5. The van der Waals surface area contributed by atoms with Crippen molar-refractivity contribution in [1.29, 1.82) is 0 Å². The lowest BCUT2D eigenvalue weighted by Gasteiger charge is -2.24. The average molecular weight is 357 g/mol. The largest absolute Gasteiger partial charge is 0.341 e. The van der Waals surface area contributed by atoms with Gasteiger partial charge in [-0.25, -0.2) is 0 Å². The Labute approximate surface area is 157 Å². The van der Waals surface area contributed by atoms with E-state index < -0.39 is 0 Å². The zero-order chi connectivity index (χ0) is 18.4. The van der Waals surface area contributed by atoms with Gasteiger partial charge in [-0.2, -0.15) is 0 Å². The summed E-state index contributed by atoms with van der Waals surface area (Å²) in [6.45, 7) is 5.12. The SMILES string of the molecule is CCc1ccc(CCC(=O)N2CCCN(C(=O)C3CCCC3)CC2)cc1. The summed E-state index contributed by atoms with van der Waals surface area (Å²) in [7, 11) is 0. The van der Waals surface area contributed by atoms with Gasteiger partial charge in [0.2, 0.25) is 11.8 Å². The molecule has 4 heteroatoms. The third-order valence-electron chi connectivity index (χ3n) is 5.92. The molecule has 1 saturated carbocycles. The first-order valence-corrected chi connectivity index (χ1v) is 10.3. The molecule has 0 spiro atoms. The van der Waals surface area contributed by atoms with E-state index in [-0.39, 0.29) is 11.8 Å². The third kappa shape index (κ3) is 4.87. The molecule has 2 fully saturated rings. The fraction of sp³-hybridized carbons (Fsp3) is 0.636. The minimum atomic E-state index is 0.222. The van der Waals surface area contributed by atoms with E-state index in [0.29, 0.717) is 25.4 Å². The third-order valence-corrected chi connectivity index (χ3v) is 5.92. The van der Waals surface area contributed by atoms with Crippen LogP contribution in [-0.4, -0.2) is 47.8 Å². The molecule has 1 aromatic carbocycles. The molecule has 0 radical (unpaired) electrons. The monoisotopic (exact) mass is 356 g/mol. The van der Waals surface area contributed by atoms with Gasteiger partial charge in [0.15, 0.2) is 0 Å². The van der Waals surface area contributed by atoms with Crippen LogP contribution in [0.5, 0.6) is 0 Å².